The number of nitrogens with zero attached hydrogens (tertiary/aromatic N) is 4. The number of carbonyl (C=O) groups is 2. The first kappa shape index (κ1) is 19.7. The van der Waals surface area contributed by atoms with E-state index in [-0.39, 0.29) is 17.2 Å². The van der Waals surface area contributed by atoms with Crippen molar-refractivity contribution in [3.8, 4) is 0 Å². The molecular formula is C20H23FN4O3. The second kappa shape index (κ2) is 7.53. The van der Waals surface area contributed by atoms with Crippen LogP contribution in [0.4, 0.5) is 15.1 Å². The number of halogens is 1. The zero-order chi connectivity index (χ0) is 20.5. The summed E-state index contributed by atoms with van der Waals surface area (Å²) in [6.45, 7) is 7.31. The van der Waals surface area contributed by atoms with Gasteiger partial charge in [-0.05, 0) is 29.7 Å². The van der Waals surface area contributed by atoms with E-state index in [0.29, 0.717) is 36.7 Å². The first-order valence-corrected chi connectivity index (χ1v) is 9.03. The molecule has 2 aromatic rings. The number of ketones is 1. The molecule has 1 N–H and O–H groups in total. The molecule has 1 aliphatic rings. The summed E-state index contributed by atoms with van der Waals surface area (Å²) in [6, 6.07) is 5.10. The lowest BCUT2D eigenvalue weighted by Gasteiger charge is -2.45. The van der Waals surface area contributed by atoms with Gasteiger partial charge in [0.05, 0.1) is 11.6 Å². The van der Waals surface area contributed by atoms with E-state index in [9.17, 15) is 19.1 Å². The number of hydrogen-bond acceptors (Lipinski definition) is 5. The minimum absolute atomic E-state index is 0.206. The Morgan fingerprint density at radius 3 is 2.21 bits per heavy atom. The van der Waals surface area contributed by atoms with E-state index in [4.69, 9.17) is 0 Å². The third kappa shape index (κ3) is 4.11. The third-order valence-electron chi connectivity index (χ3n) is 4.92. The van der Waals surface area contributed by atoms with Crippen LogP contribution in [0.2, 0.25) is 0 Å². The van der Waals surface area contributed by atoms with Gasteiger partial charge >= 0.3 is 6.09 Å². The van der Waals surface area contributed by atoms with Gasteiger partial charge in [0.2, 0.25) is 5.95 Å². The van der Waals surface area contributed by atoms with Crippen molar-refractivity contribution in [3.05, 3.63) is 53.6 Å². The summed E-state index contributed by atoms with van der Waals surface area (Å²) in [7, 11) is 0. The summed E-state index contributed by atoms with van der Waals surface area (Å²) in [6.07, 6.45) is 1.97. The molecule has 8 heteroatoms. The van der Waals surface area contributed by atoms with Crippen LogP contribution >= 0.6 is 0 Å². The van der Waals surface area contributed by atoms with Crippen LogP contribution < -0.4 is 4.90 Å². The molecule has 1 atom stereocenters. The smallest absolute Gasteiger partial charge is 0.407 e. The van der Waals surface area contributed by atoms with Crippen molar-refractivity contribution in [3.63, 3.8) is 0 Å². The fourth-order valence-electron chi connectivity index (χ4n) is 3.30. The zero-order valence-electron chi connectivity index (χ0n) is 16.1. The summed E-state index contributed by atoms with van der Waals surface area (Å²) < 4.78 is 13.0. The molecule has 2 heterocycles. The van der Waals surface area contributed by atoms with Crippen molar-refractivity contribution in [1.29, 1.82) is 0 Å². The molecule has 0 aliphatic carbocycles. The number of carbonyl (C=O) groups excluding carboxylic acids is 1. The van der Waals surface area contributed by atoms with E-state index in [2.05, 4.69) is 9.97 Å². The van der Waals surface area contributed by atoms with Crippen LogP contribution in [-0.2, 0) is 0 Å². The van der Waals surface area contributed by atoms with Crippen LogP contribution in [-0.4, -0.2) is 57.5 Å². The van der Waals surface area contributed by atoms with Gasteiger partial charge in [0.1, 0.15) is 5.82 Å². The summed E-state index contributed by atoms with van der Waals surface area (Å²) in [5, 5.41) is 9.47. The van der Waals surface area contributed by atoms with E-state index < -0.39 is 11.9 Å². The van der Waals surface area contributed by atoms with Gasteiger partial charge in [-0.3, -0.25) is 4.79 Å². The van der Waals surface area contributed by atoms with Crippen LogP contribution in [0.3, 0.4) is 0 Å². The molecule has 0 saturated carbocycles. The Morgan fingerprint density at radius 1 is 1.07 bits per heavy atom. The lowest BCUT2D eigenvalue weighted by molar-refractivity contribution is 0.0745. The average Bonchev–Trinajstić information content (AvgIpc) is 2.67. The highest BCUT2D eigenvalue weighted by atomic mass is 19.1. The van der Waals surface area contributed by atoms with Gasteiger partial charge in [-0.25, -0.2) is 19.2 Å². The third-order valence-corrected chi connectivity index (χ3v) is 4.92. The molecule has 1 fully saturated rings. The number of anilines is 1. The van der Waals surface area contributed by atoms with Crippen molar-refractivity contribution < 1.29 is 19.1 Å². The maximum Gasteiger partial charge on any atom is 0.407 e. The molecule has 0 bridgehead atoms. The molecular weight excluding hydrogens is 363 g/mol. The largest absolute Gasteiger partial charge is 0.465 e. The lowest BCUT2D eigenvalue weighted by Crippen LogP contribution is -2.59. The van der Waals surface area contributed by atoms with E-state index in [1.807, 2.05) is 25.7 Å². The number of rotatable bonds is 3. The molecule has 1 aliphatic heterocycles. The monoisotopic (exact) mass is 386 g/mol. The predicted octanol–water partition coefficient (Wildman–Crippen LogP) is 3.06. The Balaban J connectivity index is 1.77. The first-order chi connectivity index (χ1) is 13.2. The van der Waals surface area contributed by atoms with Crippen molar-refractivity contribution in [2.24, 2.45) is 5.41 Å². The van der Waals surface area contributed by atoms with Gasteiger partial charge in [0.15, 0.2) is 5.78 Å². The second-order valence-corrected chi connectivity index (χ2v) is 7.91. The van der Waals surface area contributed by atoms with Crippen LogP contribution in [0.5, 0.6) is 0 Å². The first-order valence-electron chi connectivity index (χ1n) is 9.03. The molecule has 1 aromatic heterocycles. The minimum Gasteiger partial charge on any atom is -0.465 e. The van der Waals surface area contributed by atoms with Gasteiger partial charge in [-0.15, -0.1) is 0 Å². The second-order valence-electron chi connectivity index (χ2n) is 7.91. The standard InChI is InChI=1S/C20H23FN4O3/c1-20(2,3)16-12-24(8-9-25(16)19(27)28)18-22-10-14(11-23-18)17(26)13-4-6-15(21)7-5-13/h4-7,10-11,16H,8-9,12H2,1-3H3,(H,27,28). The zero-order valence-corrected chi connectivity index (χ0v) is 16.1. The van der Waals surface area contributed by atoms with Gasteiger partial charge < -0.3 is 14.9 Å². The highest BCUT2D eigenvalue weighted by Gasteiger charge is 2.38. The Morgan fingerprint density at radius 2 is 1.68 bits per heavy atom. The number of hydrogen-bond donors (Lipinski definition) is 1. The van der Waals surface area contributed by atoms with Crippen LogP contribution in [0.25, 0.3) is 0 Å². The van der Waals surface area contributed by atoms with Crippen molar-refractivity contribution in [1.82, 2.24) is 14.9 Å². The van der Waals surface area contributed by atoms with Crippen molar-refractivity contribution >= 4 is 17.8 Å². The summed E-state index contributed by atoms with van der Waals surface area (Å²) in [4.78, 5) is 36.0. The number of benzene rings is 1. The van der Waals surface area contributed by atoms with Gasteiger partial charge in [-0.1, -0.05) is 20.8 Å². The molecule has 0 radical (unpaired) electrons. The average molecular weight is 386 g/mol. The molecule has 1 saturated heterocycles. The molecule has 1 unspecified atom stereocenters. The van der Waals surface area contributed by atoms with E-state index in [1.165, 1.54) is 41.6 Å². The topological polar surface area (TPSA) is 86.6 Å². The molecule has 1 aromatic carbocycles. The number of carboxylic acid groups (broad SMARTS) is 1. The fourth-order valence-corrected chi connectivity index (χ4v) is 3.30. The normalized spacial score (nSPS) is 17.5. The predicted molar refractivity (Wildman–Crippen MR) is 102 cm³/mol. The summed E-state index contributed by atoms with van der Waals surface area (Å²) in [5.41, 5.74) is 0.433. The molecule has 7 nitrogen and oxygen atoms in total. The van der Waals surface area contributed by atoms with Gasteiger partial charge in [0, 0.05) is 37.6 Å². The van der Waals surface area contributed by atoms with E-state index in [0.717, 1.165) is 0 Å². The molecule has 28 heavy (non-hydrogen) atoms. The Hall–Kier alpha value is -3.03. The van der Waals surface area contributed by atoms with E-state index >= 15 is 0 Å². The van der Waals surface area contributed by atoms with Crippen molar-refractivity contribution in [2.75, 3.05) is 24.5 Å². The van der Waals surface area contributed by atoms with Crippen LogP contribution in [0, 0.1) is 11.2 Å². The number of aromatic nitrogens is 2. The van der Waals surface area contributed by atoms with Crippen LogP contribution in [0.1, 0.15) is 36.7 Å². The van der Waals surface area contributed by atoms with Crippen LogP contribution in [0.15, 0.2) is 36.7 Å². The molecule has 0 spiro atoms. The SMILES string of the molecule is CC(C)(C)C1CN(c2ncc(C(=O)c3ccc(F)cc3)cn2)CCN1C(=O)O. The number of piperazine rings is 1. The highest BCUT2D eigenvalue weighted by molar-refractivity contribution is 6.08. The fraction of sp³-hybridized carbons (Fsp3) is 0.400. The quantitative estimate of drug-likeness (QED) is 0.816. The Labute approximate surface area is 162 Å². The van der Waals surface area contributed by atoms with E-state index in [1.54, 1.807) is 0 Å². The van der Waals surface area contributed by atoms with Crippen molar-refractivity contribution in [2.45, 2.75) is 26.8 Å². The van der Waals surface area contributed by atoms with Gasteiger partial charge in [0.25, 0.3) is 0 Å². The molecule has 1 amide bonds. The Kier molecular flexibility index (Phi) is 5.31. The van der Waals surface area contributed by atoms with Gasteiger partial charge in [-0.2, -0.15) is 0 Å². The minimum atomic E-state index is -0.930. The molecule has 148 valence electrons. The maximum absolute atomic E-state index is 13.0. The maximum atomic E-state index is 13.0. The summed E-state index contributed by atoms with van der Waals surface area (Å²) >= 11 is 0. The Bertz CT molecular complexity index is 863. The summed E-state index contributed by atoms with van der Waals surface area (Å²) in [5.74, 6) is -0.234. The lowest BCUT2D eigenvalue weighted by atomic mass is 9.84. The highest BCUT2D eigenvalue weighted by Crippen LogP contribution is 2.29. The number of amides is 1. The molecule has 3 rings (SSSR count).